The third-order valence-electron chi connectivity index (χ3n) is 6.25. The monoisotopic (exact) mass is 474 g/mol. The first-order valence-electron chi connectivity index (χ1n) is 11.7. The maximum absolute atomic E-state index is 9.98. The predicted molar refractivity (Wildman–Crippen MR) is 140 cm³/mol. The van der Waals surface area contributed by atoms with Gasteiger partial charge in [-0.15, -0.1) is 11.3 Å². The van der Waals surface area contributed by atoms with Crippen LogP contribution in [0.3, 0.4) is 0 Å². The smallest absolute Gasteiger partial charge is 0.153 e. The van der Waals surface area contributed by atoms with Gasteiger partial charge in [-0.05, 0) is 61.9 Å². The van der Waals surface area contributed by atoms with Crippen LogP contribution in [-0.2, 0) is 0 Å². The van der Waals surface area contributed by atoms with Gasteiger partial charge in [0.05, 0.1) is 4.88 Å². The van der Waals surface area contributed by atoms with E-state index in [1.54, 1.807) is 23.5 Å². The Bertz CT molecular complexity index is 1250. The van der Waals surface area contributed by atoms with Crippen molar-refractivity contribution in [2.24, 2.45) is 0 Å². The first kappa shape index (κ1) is 22.7. The van der Waals surface area contributed by atoms with Gasteiger partial charge in [-0.1, -0.05) is 29.8 Å². The third kappa shape index (κ3) is 5.04. The van der Waals surface area contributed by atoms with Crippen molar-refractivity contribution in [2.75, 3.05) is 32.8 Å². The number of rotatable bonds is 7. The molecule has 0 amide bonds. The van der Waals surface area contributed by atoms with E-state index in [0.717, 1.165) is 64.0 Å². The molecule has 1 aliphatic rings. The Morgan fingerprint density at radius 3 is 2.41 bits per heavy atom. The summed E-state index contributed by atoms with van der Waals surface area (Å²) in [5.41, 5.74) is 2.31. The van der Waals surface area contributed by atoms with Gasteiger partial charge in [0.1, 0.15) is 23.9 Å². The predicted octanol–water partition coefficient (Wildman–Crippen LogP) is 6.05. The summed E-state index contributed by atoms with van der Waals surface area (Å²) in [6.07, 6.45) is 0. The molecule has 1 unspecified atom stereocenters. The molecule has 2 N–H and O–H groups in total. The van der Waals surface area contributed by atoms with Crippen LogP contribution in [0.5, 0.6) is 23.0 Å². The molecule has 3 aromatic carbocycles. The molecule has 1 aromatic heterocycles. The molecule has 1 atom stereocenters. The Kier molecular flexibility index (Phi) is 6.72. The average Bonchev–Trinajstić information content (AvgIpc) is 3.21. The zero-order valence-electron chi connectivity index (χ0n) is 19.6. The summed E-state index contributed by atoms with van der Waals surface area (Å²) >= 11 is 1.63. The minimum absolute atomic E-state index is 0.257. The molecular weight excluding hydrogens is 444 g/mol. The lowest BCUT2D eigenvalue weighted by molar-refractivity contribution is 0.132. The molecule has 0 saturated carbocycles. The van der Waals surface area contributed by atoms with Gasteiger partial charge >= 0.3 is 0 Å². The first-order valence-corrected chi connectivity index (χ1v) is 12.6. The van der Waals surface area contributed by atoms with Crippen LogP contribution in [0.4, 0.5) is 0 Å². The SMILES string of the molecule is Cc1ccc(-c2sc3cc(O)ccc3c2Oc2ccc(OCC(C)N3CCNCC3)cc2)cc1. The average molecular weight is 475 g/mol. The lowest BCUT2D eigenvalue weighted by Crippen LogP contribution is -2.49. The van der Waals surface area contributed by atoms with Crippen molar-refractivity contribution in [2.45, 2.75) is 19.9 Å². The van der Waals surface area contributed by atoms with E-state index in [1.807, 2.05) is 30.3 Å². The number of thiophene rings is 1. The van der Waals surface area contributed by atoms with E-state index < -0.39 is 0 Å². The molecule has 5 rings (SSSR count). The van der Waals surface area contributed by atoms with E-state index in [0.29, 0.717) is 12.6 Å². The quantitative estimate of drug-likeness (QED) is 0.342. The Balaban J connectivity index is 1.34. The summed E-state index contributed by atoms with van der Waals surface area (Å²) < 4.78 is 13.5. The minimum Gasteiger partial charge on any atom is -0.508 e. The lowest BCUT2D eigenvalue weighted by atomic mass is 10.1. The summed E-state index contributed by atoms with van der Waals surface area (Å²) in [7, 11) is 0. The van der Waals surface area contributed by atoms with Crippen molar-refractivity contribution >= 4 is 21.4 Å². The van der Waals surface area contributed by atoms with Crippen molar-refractivity contribution in [3.63, 3.8) is 0 Å². The van der Waals surface area contributed by atoms with Crippen molar-refractivity contribution in [1.82, 2.24) is 10.2 Å². The number of nitrogens with zero attached hydrogens (tertiary/aromatic N) is 1. The molecule has 0 radical (unpaired) electrons. The summed E-state index contributed by atoms with van der Waals surface area (Å²) in [5, 5.41) is 14.4. The van der Waals surface area contributed by atoms with Gasteiger partial charge in [-0.25, -0.2) is 0 Å². The van der Waals surface area contributed by atoms with Crippen LogP contribution in [0.1, 0.15) is 12.5 Å². The topological polar surface area (TPSA) is 54.0 Å². The van der Waals surface area contributed by atoms with Gasteiger partial charge in [0.15, 0.2) is 5.75 Å². The van der Waals surface area contributed by atoms with E-state index in [2.05, 4.69) is 48.3 Å². The number of hydrogen-bond acceptors (Lipinski definition) is 6. The zero-order valence-corrected chi connectivity index (χ0v) is 20.4. The van der Waals surface area contributed by atoms with E-state index in [1.165, 1.54) is 5.56 Å². The van der Waals surface area contributed by atoms with E-state index in [4.69, 9.17) is 9.47 Å². The van der Waals surface area contributed by atoms with Crippen LogP contribution in [-0.4, -0.2) is 48.8 Å². The van der Waals surface area contributed by atoms with Crippen molar-refractivity contribution < 1.29 is 14.6 Å². The molecule has 5 nitrogen and oxygen atoms in total. The number of piperazine rings is 1. The number of nitrogens with one attached hydrogen (secondary N) is 1. The second kappa shape index (κ2) is 10.1. The molecule has 1 saturated heterocycles. The lowest BCUT2D eigenvalue weighted by Gasteiger charge is -2.32. The minimum atomic E-state index is 0.257. The van der Waals surface area contributed by atoms with Crippen LogP contribution in [0, 0.1) is 6.92 Å². The van der Waals surface area contributed by atoms with Crippen LogP contribution < -0.4 is 14.8 Å². The zero-order chi connectivity index (χ0) is 23.5. The van der Waals surface area contributed by atoms with E-state index >= 15 is 0 Å². The molecule has 176 valence electrons. The molecule has 4 aromatic rings. The fourth-order valence-corrected chi connectivity index (χ4v) is 5.39. The number of aryl methyl sites for hydroxylation is 1. The second-order valence-corrected chi connectivity index (χ2v) is 9.88. The summed E-state index contributed by atoms with van der Waals surface area (Å²) in [6, 6.07) is 22.1. The Morgan fingerprint density at radius 2 is 1.68 bits per heavy atom. The molecule has 1 fully saturated rings. The van der Waals surface area contributed by atoms with Gasteiger partial charge in [0.2, 0.25) is 0 Å². The summed E-state index contributed by atoms with van der Waals surface area (Å²) in [5.74, 6) is 2.66. The largest absolute Gasteiger partial charge is 0.508 e. The highest BCUT2D eigenvalue weighted by atomic mass is 32.1. The third-order valence-corrected chi connectivity index (χ3v) is 7.43. The Hall–Kier alpha value is -3.06. The summed E-state index contributed by atoms with van der Waals surface area (Å²) in [4.78, 5) is 3.51. The molecule has 6 heteroatoms. The van der Waals surface area contributed by atoms with Gasteiger partial charge < -0.3 is 19.9 Å². The van der Waals surface area contributed by atoms with Gasteiger partial charge in [-0.2, -0.15) is 0 Å². The molecule has 0 spiro atoms. The Labute approximate surface area is 204 Å². The maximum Gasteiger partial charge on any atom is 0.153 e. The fraction of sp³-hybridized carbons (Fsp3) is 0.286. The van der Waals surface area contributed by atoms with Crippen LogP contribution in [0.2, 0.25) is 0 Å². The molecule has 0 bridgehead atoms. The number of fused-ring (bicyclic) bond motifs is 1. The van der Waals surface area contributed by atoms with Gasteiger partial charge in [0, 0.05) is 42.3 Å². The van der Waals surface area contributed by atoms with Crippen LogP contribution in [0.15, 0.2) is 66.7 Å². The molecule has 1 aliphatic heterocycles. The van der Waals surface area contributed by atoms with Gasteiger partial charge in [-0.3, -0.25) is 4.90 Å². The number of phenols is 1. The van der Waals surface area contributed by atoms with Gasteiger partial charge in [0.25, 0.3) is 0 Å². The fourth-order valence-electron chi connectivity index (χ4n) is 4.22. The maximum atomic E-state index is 9.98. The molecular formula is C28H30N2O3S. The molecule has 0 aliphatic carbocycles. The summed E-state index contributed by atoms with van der Waals surface area (Å²) in [6.45, 7) is 9.17. The number of phenolic OH excluding ortho intramolecular Hbond substituents is 1. The number of hydrogen-bond donors (Lipinski definition) is 2. The first-order chi connectivity index (χ1) is 16.6. The standard InChI is InChI=1S/C28H30N2O3S/c1-19-3-5-21(6-4-19)28-27(25-12-7-22(31)17-26(25)34-28)33-24-10-8-23(9-11-24)32-18-20(2)30-15-13-29-14-16-30/h3-12,17,20,29,31H,13-16,18H2,1-2H3. The highest BCUT2D eigenvalue weighted by Gasteiger charge is 2.18. The number of benzene rings is 3. The van der Waals surface area contributed by atoms with Crippen molar-refractivity contribution in [3.8, 4) is 33.4 Å². The Morgan fingerprint density at radius 1 is 0.971 bits per heavy atom. The highest BCUT2D eigenvalue weighted by Crippen LogP contribution is 2.47. The molecule has 2 heterocycles. The normalized spacial score (nSPS) is 15.4. The van der Waals surface area contributed by atoms with Crippen LogP contribution >= 0.6 is 11.3 Å². The van der Waals surface area contributed by atoms with Crippen LogP contribution in [0.25, 0.3) is 20.5 Å². The van der Waals surface area contributed by atoms with E-state index in [-0.39, 0.29) is 5.75 Å². The van der Waals surface area contributed by atoms with Crippen molar-refractivity contribution in [3.05, 3.63) is 72.3 Å². The number of ether oxygens (including phenoxy) is 2. The second-order valence-electron chi connectivity index (χ2n) is 8.83. The molecule has 34 heavy (non-hydrogen) atoms. The van der Waals surface area contributed by atoms with E-state index in [9.17, 15) is 5.11 Å². The van der Waals surface area contributed by atoms with Crippen molar-refractivity contribution in [1.29, 1.82) is 0 Å². The highest BCUT2D eigenvalue weighted by molar-refractivity contribution is 7.22. The number of aromatic hydroxyl groups is 1.